The lowest BCUT2D eigenvalue weighted by Crippen LogP contribution is -2.40. The molecule has 1 saturated heterocycles. The SMILES string of the molecule is O=C(c1cccnn1)N1CCC[C@H](CCc2ccccc2C(F)(F)F)C1. The maximum atomic E-state index is 13.1. The summed E-state index contributed by atoms with van der Waals surface area (Å²) in [4.78, 5) is 14.2. The predicted octanol–water partition coefficient (Wildman–Crippen LogP) is 3.98. The second kappa shape index (κ2) is 7.85. The highest BCUT2D eigenvalue weighted by atomic mass is 19.4. The highest BCUT2D eigenvalue weighted by Crippen LogP contribution is 2.33. The zero-order chi connectivity index (χ0) is 18.6. The van der Waals surface area contributed by atoms with E-state index in [-0.39, 0.29) is 11.8 Å². The fourth-order valence-corrected chi connectivity index (χ4v) is 3.44. The molecule has 0 N–H and O–H groups in total. The maximum Gasteiger partial charge on any atom is 0.416 e. The van der Waals surface area contributed by atoms with E-state index in [0.717, 1.165) is 18.9 Å². The third-order valence-corrected chi connectivity index (χ3v) is 4.74. The Morgan fingerprint density at radius 1 is 1.19 bits per heavy atom. The summed E-state index contributed by atoms with van der Waals surface area (Å²) in [5.74, 6) is 0.0177. The summed E-state index contributed by atoms with van der Waals surface area (Å²) in [6.45, 7) is 1.19. The minimum Gasteiger partial charge on any atom is -0.337 e. The van der Waals surface area contributed by atoms with Gasteiger partial charge in [0.15, 0.2) is 5.69 Å². The van der Waals surface area contributed by atoms with Crippen LogP contribution in [-0.2, 0) is 12.6 Å². The first-order valence-electron chi connectivity index (χ1n) is 8.67. The average molecular weight is 363 g/mol. The minimum atomic E-state index is -4.34. The number of likely N-dealkylation sites (tertiary alicyclic amines) is 1. The van der Waals surface area contributed by atoms with Crippen molar-refractivity contribution in [1.82, 2.24) is 15.1 Å². The summed E-state index contributed by atoms with van der Waals surface area (Å²) in [7, 11) is 0. The average Bonchev–Trinajstić information content (AvgIpc) is 2.66. The number of benzene rings is 1. The van der Waals surface area contributed by atoms with Crippen LogP contribution < -0.4 is 0 Å². The van der Waals surface area contributed by atoms with Crippen LogP contribution >= 0.6 is 0 Å². The Hall–Kier alpha value is -2.44. The van der Waals surface area contributed by atoms with Crippen LogP contribution in [0.1, 0.15) is 40.9 Å². The van der Waals surface area contributed by atoms with Crippen LogP contribution in [0.5, 0.6) is 0 Å². The number of amides is 1. The fraction of sp³-hybridized carbons (Fsp3) is 0.421. The van der Waals surface area contributed by atoms with Gasteiger partial charge in [-0.05, 0) is 55.4 Å². The first-order chi connectivity index (χ1) is 12.4. The molecule has 2 aromatic rings. The molecule has 1 aromatic heterocycles. The molecule has 0 radical (unpaired) electrons. The van der Waals surface area contributed by atoms with Crippen LogP contribution in [0.15, 0.2) is 42.6 Å². The molecule has 0 unspecified atom stereocenters. The number of carbonyl (C=O) groups is 1. The molecule has 4 nitrogen and oxygen atoms in total. The molecule has 1 aliphatic heterocycles. The fourth-order valence-electron chi connectivity index (χ4n) is 3.44. The molecule has 1 aromatic carbocycles. The van der Waals surface area contributed by atoms with Gasteiger partial charge in [0, 0.05) is 19.3 Å². The summed E-state index contributed by atoms with van der Waals surface area (Å²) in [6, 6.07) is 8.99. The van der Waals surface area contributed by atoms with Gasteiger partial charge in [-0.15, -0.1) is 5.10 Å². The minimum absolute atomic E-state index is 0.168. The Labute approximate surface area is 150 Å². The molecule has 138 valence electrons. The van der Waals surface area contributed by atoms with Gasteiger partial charge >= 0.3 is 6.18 Å². The number of aryl methyl sites for hydroxylation is 1. The second-order valence-electron chi connectivity index (χ2n) is 6.56. The van der Waals surface area contributed by atoms with Crippen molar-refractivity contribution in [3.63, 3.8) is 0 Å². The molecule has 1 aliphatic rings. The predicted molar refractivity (Wildman–Crippen MR) is 90.4 cm³/mol. The number of hydrogen-bond donors (Lipinski definition) is 0. The summed E-state index contributed by atoms with van der Waals surface area (Å²) < 4.78 is 39.3. The number of halogens is 3. The Morgan fingerprint density at radius 2 is 2.00 bits per heavy atom. The van der Waals surface area contributed by atoms with Gasteiger partial charge in [0.25, 0.3) is 5.91 Å². The van der Waals surface area contributed by atoms with Crippen molar-refractivity contribution < 1.29 is 18.0 Å². The van der Waals surface area contributed by atoms with Gasteiger partial charge in [-0.2, -0.15) is 18.3 Å². The molecule has 3 rings (SSSR count). The van der Waals surface area contributed by atoms with Gasteiger partial charge in [0.05, 0.1) is 5.56 Å². The third kappa shape index (κ3) is 4.39. The number of nitrogens with zero attached hydrogens (tertiary/aromatic N) is 3. The van der Waals surface area contributed by atoms with Gasteiger partial charge in [-0.3, -0.25) is 4.79 Å². The normalized spacial score (nSPS) is 18.0. The number of carbonyl (C=O) groups excluding carboxylic acids is 1. The van der Waals surface area contributed by atoms with Crippen LogP contribution in [0.25, 0.3) is 0 Å². The molecular formula is C19H20F3N3O. The van der Waals surface area contributed by atoms with E-state index in [1.165, 1.54) is 18.3 Å². The van der Waals surface area contributed by atoms with Crippen LogP contribution in [-0.4, -0.2) is 34.1 Å². The molecule has 0 saturated carbocycles. The van der Waals surface area contributed by atoms with Gasteiger partial charge < -0.3 is 4.90 Å². The van der Waals surface area contributed by atoms with Crippen molar-refractivity contribution in [2.45, 2.75) is 31.9 Å². The molecule has 7 heteroatoms. The topological polar surface area (TPSA) is 46.1 Å². The summed E-state index contributed by atoms with van der Waals surface area (Å²) in [5.41, 5.74) is 0.0521. The smallest absolute Gasteiger partial charge is 0.337 e. The van der Waals surface area contributed by atoms with Gasteiger partial charge in [0.1, 0.15) is 0 Å². The van der Waals surface area contributed by atoms with Crippen LogP contribution in [0.3, 0.4) is 0 Å². The van der Waals surface area contributed by atoms with Crippen molar-refractivity contribution in [2.24, 2.45) is 5.92 Å². The van der Waals surface area contributed by atoms with E-state index >= 15 is 0 Å². The van der Waals surface area contributed by atoms with E-state index in [0.29, 0.717) is 37.2 Å². The number of hydrogen-bond acceptors (Lipinski definition) is 3. The highest BCUT2D eigenvalue weighted by Gasteiger charge is 2.33. The molecule has 0 spiro atoms. The van der Waals surface area contributed by atoms with Crippen LogP contribution in [0, 0.1) is 5.92 Å². The van der Waals surface area contributed by atoms with Crippen molar-refractivity contribution in [1.29, 1.82) is 0 Å². The Balaban J connectivity index is 1.62. The lowest BCUT2D eigenvalue weighted by molar-refractivity contribution is -0.138. The summed E-state index contributed by atoms with van der Waals surface area (Å²) >= 11 is 0. The Bertz CT molecular complexity index is 749. The van der Waals surface area contributed by atoms with E-state index in [1.807, 2.05) is 0 Å². The van der Waals surface area contributed by atoms with Crippen molar-refractivity contribution >= 4 is 5.91 Å². The van der Waals surface area contributed by atoms with Gasteiger partial charge in [-0.1, -0.05) is 18.2 Å². The first-order valence-corrected chi connectivity index (χ1v) is 8.67. The van der Waals surface area contributed by atoms with Gasteiger partial charge in [0.2, 0.25) is 0 Å². The number of piperidine rings is 1. The highest BCUT2D eigenvalue weighted by molar-refractivity contribution is 5.92. The molecular weight excluding hydrogens is 343 g/mol. The second-order valence-corrected chi connectivity index (χ2v) is 6.56. The zero-order valence-corrected chi connectivity index (χ0v) is 14.2. The lowest BCUT2D eigenvalue weighted by Gasteiger charge is -2.32. The van der Waals surface area contributed by atoms with E-state index in [1.54, 1.807) is 23.1 Å². The Kier molecular flexibility index (Phi) is 5.54. The maximum absolute atomic E-state index is 13.1. The van der Waals surface area contributed by atoms with E-state index in [4.69, 9.17) is 0 Å². The van der Waals surface area contributed by atoms with E-state index in [2.05, 4.69) is 10.2 Å². The van der Waals surface area contributed by atoms with Crippen LogP contribution in [0.2, 0.25) is 0 Å². The summed E-state index contributed by atoms with van der Waals surface area (Å²) in [6.07, 6.45) is -0.0914. The number of rotatable bonds is 4. The van der Waals surface area contributed by atoms with Crippen molar-refractivity contribution in [2.75, 3.05) is 13.1 Å². The third-order valence-electron chi connectivity index (χ3n) is 4.74. The molecule has 1 atom stereocenters. The molecule has 1 fully saturated rings. The monoisotopic (exact) mass is 363 g/mol. The molecule has 0 bridgehead atoms. The molecule has 1 amide bonds. The number of aromatic nitrogens is 2. The lowest BCUT2D eigenvalue weighted by atomic mass is 9.90. The summed E-state index contributed by atoms with van der Waals surface area (Å²) in [5, 5.41) is 7.57. The van der Waals surface area contributed by atoms with Crippen LogP contribution in [0.4, 0.5) is 13.2 Å². The Morgan fingerprint density at radius 3 is 2.73 bits per heavy atom. The first kappa shape index (κ1) is 18.4. The standard InChI is InChI=1S/C19H20F3N3O/c20-19(21,22)16-7-2-1-6-15(16)10-9-14-5-4-12-25(13-14)18(26)17-8-3-11-23-24-17/h1-3,6-8,11,14H,4-5,9-10,12-13H2/t14-/m1/s1. The van der Waals surface area contributed by atoms with E-state index in [9.17, 15) is 18.0 Å². The largest absolute Gasteiger partial charge is 0.416 e. The van der Waals surface area contributed by atoms with Crippen molar-refractivity contribution in [3.05, 3.63) is 59.4 Å². The van der Waals surface area contributed by atoms with Crippen molar-refractivity contribution in [3.8, 4) is 0 Å². The zero-order valence-electron chi connectivity index (χ0n) is 14.2. The molecule has 0 aliphatic carbocycles. The van der Waals surface area contributed by atoms with E-state index < -0.39 is 11.7 Å². The van der Waals surface area contributed by atoms with Gasteiger partial charge in [-0.25, -0.2) is 0 Å². The molecule has 2 heterocycles. The molecule has 26 heavy (non-hydrogen) atoms. The number of alkyl halides is 3. The quantitative estimate of drug-likeness (QED) is 0.825.